The van der Waals surface area contributed by atoms with Crippen LogP contribution in [0.3, 0.4) is 0 Å². The van der Waals surface area contributed by atoms with Crippen molar-refractivity contribution in [1.82, 2.24) is 23.4 Å². The molecule has 4 rings (SSSR count). The smallest absolute Gasteiger partial charge is 0.310 e. The standard InChI is InChI=1S/C19H31N5O4S/c1-2-28-19(25)15-8-6-11-22(14-15)29(26,27)24-13-7-9-16(24)18-21-20-17-10-4-3-5-12-23(17)18/h15-16H,2-14H2,1H3/t15-,16+/m1/s1. The van der Waals surface area contributed by atoms with E-state index >= 15 is 0 Å². The van der Waals surface area contributed by atoms with Gasteiger partial charge in [0, 0.05) is 32.6 Å². The number of nitrogens with zero attached hydrogens (tertiary/aromatic N) is 5. The maximum Gasteiger partial charge on any atom is 0.310 e. The zero-order chi connectivity index (χ0) is 20.4. The molecule has 3 aliphatic rings. The molecule has 9 nitrogen and oxygen atoms in total. The second kappa shape index (κ2) is 8.69. The Balaban J connectivity index is 1.55. The topological polar surface area (TPSA) is 97.6 Å². The molecular weight excluding hydrogens is 394 g/mol. The van der Waals surface area contributed by atoms with Gasteiger partial charge in [-0.1, -0.05) is 6.42 Å². The molecule has 162 valence electrons. The van der Waals surface area contributed by atoms with Crippen molar-refractivity contribution in [2.75, 3.05) is 26.2 Å². The van der Waals surface area contributed by atoms with E-state index in [2.05, 4.69) is 14.8 Å². The van der Waals surface area contributed by atoms with E-state index in [1.54, 1.807) is 11.2 Å². The van der Waals surface area contributed by atoms with Gasteiger partial charge in [0.1, 0.15) is 5.82 Å². The summed E-state index contributed by atoms with van der Waals surface area (Å²) in [6.45, 7) is 4.06. The predicted molar refractivity (Wildman–Crippen MR) is 106 cm³/mol. The summed E-state index contributed by atoms with van der Waals surface area (Å²) in [5.74, 6) is 1.07. The zero-order valence-electron chi connectivity index (χ0n) is 17.1. The highest BCUT2D eigenvalue weighted by Crippen LogP contribution is 2.36. The maximum absolute atomic E-state index is 13.5. The number of piperidine rings is 1. The quantitative estimate of drug-likeness (QED) is 0.666. The van der Waals surface area contributed by atoms with Crippen molar-refractivity contribution in [2.45, 2.75) is 70.9 Å². The molecule has 0 N–H and O–H groups in total. The third kappa shape index (κ3) is 4.06. The van der Waals surface area contributed by atoms with Gasteiger partial charge in [-0.2, -0.15) is 17.0 Å². The number of aryl methyl sites for hydroxylation is 1. The van der Waals surface area contributed by atoms with Gasteiger partial charge in [0.15, 0.2) is 5.82 Å². The number of aromatic nitrogens is 3. The Morgan fingerprint density at radius 1 is 1.07 bits per heavy atom. The molecule has 0 spiro atoms. The monoisotopic (exact) mass is 425 g/mol. The first-order valence-electron chi connectivity index (χ1n) is 10.9. The minimum atomic E-state index is -3.68. The maximum atomic E-state index is 13.5. The average Bonchev–Trinajstić information content (AvgIpc) is 3.30. The van der Waals surface area contributed by atoms with Crippen LogP contribution in [0.4, 0.5) is 0 Å². The lowest BCUT2D eigenvalue weighted by molar-refractivity contribution is -0.149. The predicted octanol–water partition coefficient (Wildman–Crippen LogP) is 1.66. The molecule has 0 radical (unpaired) electrons. The Bertz CT molecular complexity index is 840. The first-order chi connectivity index (χ1) is 14.0. The van der Waals surface area contributed by atoms with E-state index < -0.39 is 10.2 Å². The second-order valence-corrected chi connectivity index (χ2v) is 10.0. The van der Waals surface area contributed by atoms with Crippen LogP contribution in [0.5, 0.6) is 0 Å². The SMILES string of the molecule is CCOC(=O)[C@@H]1CCCN(S(=O)(=O)N2CCC[C@H]2c2nnc3n2CCCCC3)C1. The van der Waals surface area contributed by atoms with Crippen molar-refractivity contribution in [2.24, 2.45) is 5.92 Å². The number of fused-ring (bicyclic) bond motifs is 1. The Morgan fingerprint density at radius 3 is 2.72 bits per heavy atom. The molecule has 10 heteroatoms. The first-order valence-corrected chi connectivity index (χ1v) is 12.3. The van der Waals surface area contributed by atoms with Crippen LogP contribution in [0.15, 0.2) is 0 Å². The minimum Gasteiger partial charge on any atom is -0.466 e. The van der Waals surface area contributed by atoms with E-state index in [1.165, 1.54) is 10.7 Å². The summed E-state index contributed by atoms with van der Waals surface area (Å²) in [4.78, 5) is 12.2. The molecule has 1 aromatic rings. The van der Waals surface area contributed by atoms with E-state index in [0.717, 1.165) is 50.3 Å². The van der Waals surface area contributed by atoms with Gasteiger partial charge in [0.25, 0.3) is 10.2 Å². The highest BCUT2D eigenvalue weighted by Gasteiger charge is 2.43. The lowest BCUT2D eigenvalue weighted by Gasteiger charge is -2.35. The van der Waals surface area contributed by atoms with E-state index in [1.807, 2.05) is 0 Å². The van der Waals surface area contributed by atoms with Crippen LogP contribution in [0.2, 0.25) is 0 Å². The van der Waals surface area contributed by atoms with Gasteiger partial charge in [-0.3, -0.25) is 4.79 Å². The molecule has 0 bridgehead atoms. The van der Waals surface area contributed by atoms with Gasteiger partial charge in [-0.05, 0) is 45.4 Å². The number of hydrogen-bond donors (Lipinski definition) is 0. The number of carbonyl (C=O) groups is 1. The summed E-state index contributed by atoms with van der Waals surface area (Å²) >= 11 is 0. The molecule has 0 amide bonds. The summed E-state index contributed by atoms with van der Waals surface area (Å²) in [5, 5.41) is 8.77. The molecule has 4 heterocycles. The molecule has 0 aromatic carbocycles. The van der Waals surface area contributed by atoms with Crippen LogP contribution in [0.25, 0.3) is 0 Å². The molecular formula is C19H31N5O4S. The fraction of sp³-hybridized carbons (Fsp3) is 0.842. The van der Waals surface area contributed by atoms with Crippen LogP contribution in [-0.4, -0.2) is 64.0 Å². The summed E-state index contributed by atoms with van der Waals surface area (Å²) in [6.07, 6.45) is 7.15. The number of esters is 1. The summed E-state index contributed by atoms with van der Waals surface area (Å²) in [5.41, 5.74) is 0. The fourth-order valence-electron chi connectivity index (χ4n) is 4.78. The highest BCUT2D eigenvalue weighted by molar-refractivity contribution is 7.86. The van der Waals surface area contributed by atoms with Crippen LogP contribution in [0, 0.1) is 5.92 Å². The van der Waals surface area contributed by atoms with Gasteiger partial charge >= 0.3 is 5.97 Å². The molecule has 0 aliphatic carbocycles. The fourth-order valence-corrected chi connectivity index (χ4v) is 6.69. The molecule has 29 heavy (non-hydrogen) atoms. The Kier molecular flexibility index (Phi) is 6.21. The summed E-state index contributed by atoms with van der Waals surface area (Å²) in [6, 6.07) is -0.276. The Morgan fingerprint density at radius 2 is 1.90 bits per heavy atom. The molecule has 0 unspecified atom stereocenters. The van der Waals surface area contributed by atoms with Crippen molar-refractivity contribution in [1.29, 1.82) is 0 Å². The van der Waals surface area contributed by atoms with E-state index in [4.69, 9.17) is 4.74 Å². The van der Waals surface area contributed by atoms with E-state index in [9.17, 15) is 13.2 Å². The summed E-state index contributed by atoms with van der Waals surface area (Å²) in [7, 11) is -3.68. The Hall–Kier alpha value is -1.52. The normalized spacial score (nSPS) is 26.8. The molecule has 2 fully saturated rings. The van der Waals surface area contributed by atoms with Crippen LogP contribution >= 0.6 is 0 Å². The van der Waals surface area contributed by atoms with Gasteiger partial charge < -0.3 is 9.30 Å². The van der Waals surface area contributed by atoms with E-state index in [-0.39, 0.29) is 24.5 Å². The van der Waals surface area contributed by atoms with Gasteiger partial charge in [-0.25, -0.2) is 0 Å². The van der Waals surface area contributed by atoms with Gasteiger partial charge in [-0.15, -0.1) is 10.2 Å². The largest absolute Gasteiger partial charge is 0.466 e. The van der Waals surface area contributed by atoms with Crippen molar-refractivity contribution in [3.8, 4) is 0 Å². The average molecular weight is 426 g/mol. The number of rotatable bonds is 5. The van der Waals surface area contributed by atoms with Crippen LogP contribution in [0.1, 0.15) is 69.6 Å². The van der Waals surface area contributed by atoms with Crippen molar-refractivity contribution < 1.29 is 17.9 Å². The number of carbonyl (C=O) groups excluding carboxylic acids is 1. The number of ether oxygens (including phenoxy) is 1. The molecule has 2 atom stereocenters. The molecule has 0 saturated carbocycles. The van der Waals surface area contributed by atoms with Crippen LogP contribution in [-0.2, 0) is 32.7 Å². The highest BCUT2D eigenvalue weighted by atomic mass is 32.2. The Labute approximate surface area is 172 Å². The molecule has 3 aliphatic heterocycles. The van der Waals surface area contributed by atoms with Crippen molar-refractivity contribution in [3.63, 3.8) is 0 Å². The first kappa shape index (κ1) is 20.7. The zero-order valence-corrected chi connectivity index (χ0v) is 17.9. The van der Waals surface area contributed by atoms with Gasteiger partial charge in [0.2, 0.25) is 0 Å². The molecule has 2 saturated heterocycles. The second-order valence-electron chi connectivity index (χ2n) is 8.16. The third-order valence-corrected chi connectivity index (χ3v) is 8.28. The van der Waals surface area contributed by atoms with Crippen molar-refractivity contribution >= 4 is 16.2 Å². The number of hydrogen-bond acceptors (Lipinski definition) is 6. The van der Waals surface area contributed by atoms with Crippen molar-refractivity contribution in [3.05, 3.63) is 11.6 Å². The molecule has 1 aromatic heterocycles. The third-order valence-electron chi connectivity index (χ3n) is 6.27. The lowest BCUT2D eigenvalue weighted by atomic mass is 10.0. The van der Waals surface area contributed by atoms with E-state index in [0.29, 0.717) is 32.5 Å². The van der Waals surface area contributed by atoms with Gasteiger partial charge in [0.05, 0.1) is 18.6 Å². The minimum absolute atomic E-state index is 0.197. The summed E-state index contributed by atoms with van der Waals surface area (Å²) < 4.78 is 37.3. The van der Waals surface area contributed by atoms with Crippen LogP contribution < -0.4 is 0 Å². The lowest BCUT2D eigenvalue weighted by Crippen LogP contribution is -2.49.